The first-order valence-electron chi connectivity index (χ1n) is 11.8. The molecule has 2 heterocycles. The molecular formula is C27H33ClN4O2S. The van der Waals surface area contributed by atoms with Gasteiger partial charge in [-0.15, -0.1) is 6.58 Å². The molecule has 0 saturated heterocycles. The quantitative estimate of drug-likeness (QED) is 0.400. The predicted molar refractivity (Wildman–Crippen MR) is 142 cm³/mol. The third-order valence-corrected chi connectivity index (χ3v) is 8.57. The molecule has 1 atom stereocenters. The predicted octanol–water partition coefficient (Wildman–Crippen LogP) is 5.91. The van der Waals surface area contributed by atoms with Crippen LogP contribution in [0.2, 0.25) is 5.02 Å². The number of aromatic nitrogens is 2. The molecule has 6 nitrogen and oxygen atoms in total. The average molecular weight is 513 g/mol. The van der Waals surface area contributed by atoms with Gasteiger partial charge in [0.2, 0.25) is 10.0 Å². The Balaban J connectivity index is 1.75. The van der Waals surface area contributed by atoms with Crippen LogP contribution in [0.5, 0.6) is 0 Å². The van der Waals surface area contributed by atoms with Gasteiger partial charge in [0.05, 0.1) is 23.5 Å². The van der Waals surface area contributed by atoms with Crippen molar-refractivity contribution in [2.45, 2.75) is 63.1 Å². The monoisotopic (exact) mass is 512 g/mol. The van der Waals surface area contributed by atoms with Crippen LogP contribution in [-0.2, 0) is 28.5 Å². The maximum Gasteiger partial charge on any atom is 0.243 e. The molecule has 0 bridgehead atoms. The van der Waals surface area contributed by atoms with E-state index >= 15 is 0 Å². The van der Waals surface area contributed by atoms with Crippen molar-refractivity contribution in [2.24, 2.45) is 0 Å². The molecule has 186 valence electrons. The molecule has 0 radical (unpaired) electrons. The Labute approximate surface area is 213 Å². The van der Waals surface area contributed by atoms with E-state index in [1.54, 1.807) is 29.0 Å². The number of nitrogens with zero attached hydrogens (tertiary/aromatic N) is 3. The molecule has 0 fully saturated rings. The summed E-state index contributed by atoms with van der Waals surface area (Å²) in [6, 6.07) is 12.9. The number of aromatic amines is 1. The van der Waals surface area contributed by atoms with E-state index in [-0.39, 0.29) is 18.0 Å². The number of imidazole rings is 1. The number of benzene rings is 2. The van der Waals surface area contributed by atoms with E-state index in [1.165, 1.54) is 0 Å². The lowest BCUT2D eigenvalue weighted by molar-refractivity contribution is 0.371. The number of hydrogen-bond acceptors (Lipinski definition) is 4. The van der Waals surface area contributed by atoms with E-state index in [4.69, 9.17) is 11.6 Å². The minimum Gasteiger partial charge on any atom is -0.361 e. The molecule has 1 N–H and O–H groups in total. The van der Waals surface area contributed by atoms with Gasteiger partial charge in [-0.25, -0.2) is 13.4 Å². The molecule has 1 aliphatic heterocycles. The molecule has 0 saturated carbocycles. The van der Waals surface area contributed by atoms with Crippen LogP contribution in [0.4, 0.5) is 5.69 Å². The number of H-pyrrole nitrogens is 1. The maximum atomic E-state index is 13.9. The van der Waals surface area contributed by atoms with Gasteiger partial charge in [-0.3, -0.25) is 0 Å². The van der Waals surface area contributed by atoms with Gasteiger partial charge >= 0.3 is 0 Å². The topological polar surface area (TPSA) is 69.3 Å². The van der Waals surface area contributed by atoms with Crippen molar-refractivity contribution in [1.82, 2.24) is 14.3 Å². The largest absolute Gasteiger partial charge is 0.361 e. The SMILES string of the molecule is C=CCCC1CN(S(=O)(=O)c2ccc(C(C)(C)C)cc2)Cc2cc(Cl)ccc2N1Cc1cnc[nH]1. The fourth-order valence-electron chi connectivity index (χ4n) is 4.53. The van der Waals surface area contributed by atoms with Crippen LogP contribution in [0.25, 0.3) is 0 Å². The Kier molecular flexibility index (Phi) is 7.40. The van der Waals surface area contributed by atoms with Crippen molar-refractivity contribution >= 4 is 27.3 Å². The highest BCUT2D eigenvalue weighted by atomic mass is 35.5. The van der Waals surface area contributed by atoms with Crippen LogP contribution in [0, 0.1) is 0 Å². The van der Waals surface area contributed by atoms with Gasteiger partial charge in [0, 0.05) is 36.0 Å². The number of nitrogens with one attached hydrogen (secondary N) is 1. The van der Waals surface area contributed by atoms with Gasteiger partial charge in [0.25, 0.3) is 0 Å². The molecule has 0 amide bonds. The third-order valence-electron chi connectivity index (χ3n) is 6.51. The maximum absolute atomic E-state index is 13.9. The highest BCUT2D eigenvalue weighted by Crippen LogP contribution is 2.35. The first-order chi connectivity index (χ1) is 16.6. The number of fused-ring (bicyclic) bond motifs is 1. The van der Waals surface area contributed by atoms with Crippen LogP contribution in [-0.4, -0.2) is 35.3 Å². The molecular weight excluding hydrogens is 480 g/mol. The molecule has 3 aromatic rings. The summed E-state index contributed by atoms with van der Waals surface area (Å²) in [6.45, 7) is 11.4. The summed E-state index contributed by atoms with van der Waals surface area (Å²) in [7, 11) is -3.73. The number of sulfonamides is 1. The van der Waals surface area contributed by atoms with Gasteiger partial charge < -0.3 is 9.88 Å². The summed E-state index contributed by atoms with van der Waals surface area (Å²) in [6.07, 6.45) is 6.89. The second-order valence-corrected chi connectivity index (χ2v) is 12.4. The molecule has 35 heavy (non-hydrogen) atoms. The molecule has 1 aliphatic rings. The fourth-order valence-corrected chi connectivity index (χ4v) is 6.18. The van der Waals surface area contributed by atoms with E-state index in [0.717, 1.165) is 35.3 Å². The minimum absolute atomic E-state index is 0.0520. The van der Waals surface area contributed by atoms with Gasteiger partial charge in [0.1, 0.15) is 0 Å². The second kappa shape index (κ2) is 10.2. The first-order valence-corrected chi connectivity index (χ1v) is 13.7. The highest BCUT2D eigenvalue weighted by Gasteiger charge is 2.34. The van der Waals surface area contributed by atoms with E-state index in [1.807, 2.05) is 36.4 Å². The van der Waals surface area contributed by atoms with E-state index in [9.17, 15) is 8.42 Å². The number of anilines is 1. The molecule has 8 heteroatoms. The summed E-state index contributed by atoms with van der Waals surface area (Å²) in [5.41, 5.74) is 3.87. The Hall–Kier alpha value is -2.61. The lowest BCUT2D eigenvalue weighted by atomic mass is 9.87. The number of rotatable bonds is 7. The van der Waals surface area contributed by atoms with Crippen molar-refractivity contribution in [1.29, 1.82) is 0 Å². The van der Waals surface area contributed by atoms with E-state index in [2.05, 4.69) is 42.2 Å². The highest BCUT2D eigenvalue weighted by molar-refractivity contribution is 7.89. The van der Waals surface area contributed by atoms with Crippen molar-refractivity contribution in [3.63, 3.8) is 0 Å². The first kappa shape index (κ1) is 25.5. The molecule has 4 rings (SSSR count). The molecule has 2 aromatic carbocycles. The Morgan fingerprint density at radius 3 is 2.57 bits per heavy atom. The lowest BCUT2D eigenvalue weighted by Crippen LogP contribution is -2.43. The van der Waals surface area contributed by atoms with Crippen LogP contribution in [0.3, 0.4) is 0 Å². The smallest absolute Gasteiger partial charge is 0.243 e. The Morgan fingerprint density at radius 1 is 1.20 bits per heavy atom. The van der Waals surface area contributed by atoms with Crippen LogP contribution < -0.4 is 4.90 Å². The average Bonchev–Trinajstić information content (AvgIpc) is 3.27. The van der Waals surface area contributed by atoms with Crippen molar-refractivity contribution in [3.8, 4) is 0 Å². The van der Waals surface area contributed by atoms with E-state index < -0.39 is 10.0 Å². The molecule has 0 aliphatic carbocycles. The molecule has 1 unspecified atom stereocenters. The molecule has 1 aromatic heterocycles. The lowest BCUT2D eigenvalue weighted by Gasteiger charge is -2.34. The summed E-state index contributed by atoms with van der Waals surface area (Å²) in [4.78, 5) is 9.91. The second-order valence-electron chi connectivity index (χ2n) is 10.1. The van der Waals surface area contributed by atoms with Crippen molar-refractivity contribution in [3.05, 3.63) is 89.5 Å². The van der Waals surface area contributed by atoms with Gasteiger partial charge in [-0.2, -0.15) is 4.31 Å². The third kappa shape index (κ3) is 5.63. The van der Waals surface area contributed by atoms with Gasteiger partial charge in [-0.05, 0) is 59.7 Å². The summed E-state index contributed by atoms with van der Waals surface area (Å²) in [5.74, 6) is 0. The Bertz CT molecular complexity index is 1270. The van der Waals surface area contributed by atoms with Crippen molar-refractivity contribution in [2.75, 3.05) is 11.4 Å². The van der Waals surface area contributed by atoms with Crippen LogP contribution >= 0.6 is 11.6 Å². The zero-order chi connectivity index (χ0) is 25.2. The minimum atomic E-state index is -3.73. The normalized spacial score (nSPS) is 17.1. The summed E-state index contributed by atoms with van der Waals surface area (Å²) < 4.78 is 29.3. The number of allylic oxidation sites excluding steroid dienone is 1. The number of hydrogen-bond donors (Lipinski definition) is 1. The zero-order valence-electron chi connectivity index (χ0n) is 20.5. The summed E-state index contributed by atoms with van der Waals surface area (Å²) >= 11 is 6.36. The fraction of sp³-hybridized carbons (Fsp3) is 0.370. The van der Waals surface area contributed by atoms with Crippen LogP contribution in [0.15, 0.2) is 72.5 Å². The Morgan fingerprint density at radius 2 is 1.94 bits per heavy atom. The van der Waals surface area contributed by atoms with E-state index in [0.29, 0.717) is 23.0 Å². The van der Waals surface area contributed by atoms with Crippen LogP contribution in [0.1, 0.15) is 50.4 Å². The zero-order valence-corrected chi connectivity index (χ0v) is 22.1. The van der Waals surface area contributed by atoms with Gasteiger partial charge in [0.15, 0.2) is 0 Å². The summed E-state index contributed by atoms with van der Waals surface area (Å²) in [5, 5.41) is 0.585. The molecule has 0 spiro atoms. The number of halogens is 1. The standard InChI is InChI=1S/C27H33ClN4O2S/c1-5-6-7-24-18-31(35(33,34)25-11-8-21(9-12-25)27(2,3)4)16-20-14-22(28)10-13-26(20)32(24)17-23-15-29-19-30-23/h5,8-15,19,24H,1,6-7,16-18H2,2-4H3,(H,29,30). The van der Waals surface area contributed by atoms with Crippen molar-refractivity contribution < 1.29 is 8.42 Å². The van der Waals surface area contributed by atoms with Gasteiger partial charge in [-0.1, -0.05) is 50.6 Å².